The molecule has 0 aromatic heterocycles. The lowest BCUT2D eigenvalue weighted by atomic mass is 10.2. The summed E-state index contributed by atoms with van der Waals surface area (Å²) in [7, 11) is 2.37. The molecule has 23 heavy (non-hydrogen) atoms. The average molecular weight is 327 g/mol. The number of rotatable bonds is 6. The number of carbonyl (C=O) groups is 2. The van der Waals surface area contributed by atoms with Gasteiger partial charge in [0.15, 0.2) is 11.9 Å². The molecular weight excluding hydrogens is 306 g/mol. The van der Waals surface area contributed by atoms with Gasteiger partial charge >= 0.3 is 17.6 Å². The molecule has 0 N–H and O–H groups in total. The van der Waals surface area contributed by atoms with Crippen molar-refractivity contribution in [3.05, 3.63) is 33.9 Å². The van der Waals surface area contributed by atoms with Crippen LogP contribution in [0.25, 0.3) is 0 Å². The number of hydrogen-bond donors (Lipinski definition) is 0. The number of carbonyl (C=O) groups excluding carboxylic acids is 2. The summed E-state index contributed by atoms with van der Waals surface area (Å²) in [6.07, 6.45) is -0.680. The molecule has 0 spiro atoms. The topological polar surface area (TPSA) is 105 Å². The smallest absolute Gasteiger partial charge is 0.347 e. The van der Waals surface area contributed by atoms with Crippen molar-refractivity contribution in [1.29, 1.82) is 0 Å². The first-order chi connectivity index (χ1) is 10.9. The molecule has 0 radical (unpaired) electrons. The van der Waals surface area contributed by atoms with E-state index >= 15 is 0 Å². The highest BCUT2D eigenvalue weighted by Crippen LogP contribution is 2.29. The molecule has 0 fully saturated rings. The van der Waals surface area contributed by atoms with Crippen molar-refractivity contribution in [2.24, 2.45) is 0 Å². The molecule has 8 nitrogen and oxygen atoms in total. The maximum Gasteiger partial charge on any atom is 0.347 e. The van der Waals surface area contributed by atoms with E-state index in [4.69, 9.17) is 4.74 Å². The molecule has 0 heterocycles. The Kier molecular flexibility index (Phi) is 8.98. The molecule has 0 aliphatic carbocycles. The minimum atomic E-state index is -0.960. The van der Waals surface area contributed by atoms with Crippen LogP contribution in [0.3, 0.4) is 0 Å². The number of nitro benzene ring substituents is 1. The van der Waals surface area contributed by atoms with Gasteiger partial charge in [0.1, 0.15) is 0 Å². The van der Waals surface area contributed by atoms with Gasteiger partial charge in [-0.25, -0.2) is 9.59 Å². The second-order valence-corrected chi connectivity index (χ2v) is 3.97. The Morgan fingerprint density at radius 3 is 2.26 bits per heavy atom. The van der Waals surface area contributed by atoms with Gasteiger partial charge in [-0.1, -0.05) is 20.8 Å². The van der Waals surface area contributed by atoms with Gasteiger partial charge in [-0.3, -0.25) is 10.1 Å². The lowest BCUT2D eigenvalue weighted by molar-refractivity contribution is -0.386. The van der Waals surface area contributed by atoms with Gasteiger partial charge in [-0.05, 0) is 18.6 Å². The summed E-state index contributed by atoms with van der Waals surface area (Å²) in [4.78, 5) is 33.2. The van der Waals surface area contributed by atoms with E-state index < -0.39 is 28.7 Å². The summed E-state index contributed by atoms with van der Waals surface area (Å²) in [5.74, 6) is -1.46. The van der Waals surface area contributed by atoms with Crippen molar-refractivity contribution >= 4 is 17.6 Å². The zero-order chi connectivity index (χ0) is 18.0. The van der Waals surface area contributed by atoms with Crippen molar-refractivity contribution in [2.75, 3.05) is 14.2 Å². The summed E-state index contributed by atoms with van der Waals surface area (Å²) in [6, 6.07) is 3.60. The molecule has 128 valence electrons. The number of nitro groups is 1. The standard InChI is InChI=1S/C13H15NO7.C2H6/c1-4-10(13(16)20-3)21-11-6-5-8(12(15)19-2)7-9(11)14(17)18;1-2/h5-7,10H,4H2,1-3H3;1-2H3. The molecule has 8 heteroatoms. The predicted octanol–water partition coefficient (Wildman–Crippen LogP) is 2.74. The molecule has 0 amide bonds. The third-order valence-electron chi connectivity index (χ3n) is 2.68. The molecule has 0 saturated carbocycles. The molecule has 0 aliphatic rings. The third-order valence-corrected chi connectivity index (χ3v) is 2.68. The van der Waals surface area contributed by atoms with Crippen LogP contribution >= 0.6 is 0 Å². The Labute approximate surface area is 134 Å². The molecule has 1 rings (SSSR count). The van der Waals surface area contributed by atoms with Gasteiger partial charge in [-0.15, -0.1) is 0 Å². The third kappa shape index (κ3) is 5.57. The van der Waals surface area contributed by atoms with E-state index in [1.165, 1.54) is 26.4 Å². The van der Waals surface area contributed by atoms with Crippen LogP contribution in [0, 0.1) is 10.1 Å². The molecule has 1 atom stereocenters. The van der Waals surface area contributed by atoms with E-state index in [0.717, 1.165) is 6.07 Å². The summed E-state index contributed by atoms with van der Waals surface area (Å²) in [5.41, 5.74) is -0.414. The second-order valence-electron chi connectivity index (χ2n) is 3.97. The first kappa shape index (κ1) is 20.4. The van der Waals surface area contributed by atoms with Crippen molar-refractivity contribution in [3.63, 3.8) is 0 Å². The van der Waals surface area contributed by atoms with E-state index in [1.54, 1.807) is 6.92 Å². The molecule has 0 aliphatic heterocycles. The fourth-order valence-corrected chi connectivity index (χ4v) is 1.59. The second kappa shape index (κ2) is 10.1. The van der Waals surface area contributed by atoms with Gasteiger partial charge in [0.05, 0.1) is 24.7 Å². The van der Waals surface area contributed by atoms with Gasteiger partial charge in [0.25, 0.3) is 0 Å². The largest absolute Gasteiger partial charge is 0.472 e. The minimum Gasteiger partial charge on any atom is -0.472 e. The van der Waals surface area contributed by atoms with Gasteiger partial charge < -0.3 is 14.2 Å². The first-order valence-corrected chi connectivity index (χ1v) is 7.05. The van der Waals surface area contributed by atoms with Crippen LogP contribution in [-0.4, -0.2) is 37.2 Å². The predicted molar refractivity (Wildman–Crippen MR) is 82.5 cm³/mol. The highest BCUT2D eigenvalue weighted by Gasteiger charge is 2.25. The maximum atomic E-state index is 11.5. The Balaban J connectivity index is 0.00000232. The monoisotopic (exact) mass is 327 g/mol. The summed E-state index contributed by atoms with van der Waals surface area (Å²) in [5, 5.41) is 11.1. The number of methoxy groups -OCH3 is 2. The van der Waals surface area contributed by atoms with Crippen LogP contribution in [0.5, 0.6) is 5.75 Å². The van der Waals surface area contributed by atoms with Gasteiger partial charge in [0.2, 0.25) is 0 Å². The SMILES string of the molecule is CC.CCC(Oc1ccc(C(=O)OC)cc1[N+](=O)[O-])C(=O)OC. The summed E-state index contributed by atoms with van der Waals surface area (Å²) in [6.45, 7) is 5.68. The Bertz CT molecular complexity index is 557. The lowest BCUT2D eigenvalue weighted by Crippen LogP contribution is -2.28. The van der Waals surface area contributed by atoms with E-state index in [0.29, 0.717) is 0 Å². The number of benzene rings is 1. The fraction of sp³-hybridized carbons (Fsp3) is 0.467. The van der Waals surface area contributed by atoms with Gasteiger partial charge in [-0.2, -0.15) is 0 Å². The van der Waals surface area contributed by atoms with E-state index in [-0.39, 0.29) is 17.7 Å². The van der Waals surface area contributed by atoms with Crippen LogP contribution in [0.4, 0.5) is 5.69 Å². The van der Waals surface area contributed by atoms with Crippen LogP contribution < -0.4 is 4.74 Å². The van der Waals surface area contributed by atoms with Crippen LogP contribution in [0.15, 0.2) is 18.2 Å². The number of nitrogens with zero attached hydrogens (tertiary/aromatic N) is 1. The lowest BCUT2D eigenvalue weighted by Gasteiger charge is -2.15. The van der Waals surface area contributed by atoms with Crippen molar-refractivity contribution in [2.45, 2.75) is 33.3 Å². The Morgan fingerprint density at radius 2 is 1.83 bits per heavy atom. The zero-order valence-corrected chi connectivity index (χ0v) is 13.8. The quantitative estimate of drug-likeness (QED) is 0.449. The normalized spacial score (nSPS) is 10.7. The maximum absolute atomic E-state index is 11.5. The number of ether oxygens (including phenoxy) is 3. The molecule has 1 aromatic rings. The van der Waals surface area contributed by atoms with Crippen LogP contribution in [0.2, 0.25) is 0 Å². The zero-order valence-electron chi connectivity index (χ0n) is 13.8. The first-order valence-electron chi connectivity index (χ1n) is 7.05. The molecule has 1 unspecified atom stereocenters. The highest BCUT2D eigenvalue weighted by molar-refractivity contribution is 5.90. The number of esters is 2. The fourth-order valence-electron chi connectivity index (χ4n) is 1.59. The summed E-state index contributed by atoms with van der Waals surface area (Å²) < 4.78 is 14.3. The molecule has 0 saturated heterocycles. The van der Waals surface area contributed by atoms with E-state index in [1.807, 2.05) is 13.8 Å². The van der Waals surface area contributed by atoms with Crippen LogP contribution in [0.1, 0.15) is 37.6 Å². The Hall–Kier alpha value is -2.64. The summed E-state index contributed by atoms with van der Waals surface area (Å²) >= 11 is 0. The van der Waals surface area contributed by atoms with Crippen molar-refractivity contribution < 1.29 is 28.7 Å². The Morgan fingerprint density at radius 1 is 1.22 bits per heavy atom. The highest BCUT2D eigenvalue weighted by atomic mass is 16.6. The van der Waals surface area contributed by atoms with E-state index in [9.17, 15) is 19.7 Å². The number of hydrogen-bond acceptors (Lipinski definition) is 7. The minimum absolute atomic E-state index is 0.0164. The molecule has 1 aromatic carbocycles. The van der Waals surface area contributed by atoms with Gasteiger partial charge in [0, 0.05) is 6.07 Å². The van der Waals surface area contributed by atoms with Crippen molar-refractivity contribution in [3.8, 4) is 5.75 Å². The average Bonchev–Trinajstić information content (AvgIpc) is 2.59. The van der Waals surface area contributed by atoms with Crippen LogP contribution in [-0.2, 0) is 14.3 Å². The van der Waals surface area contributed by atoms with E-state index in [2.05, 4.69) is 9.47 Å². The molecular formula is C15H21NO7. The molecule has 0 bridgehead atoms. The van der Waals surface area contributed by atoms with Crippen molar-refractivity contribution in [1.82, 2.24) is 0 Å².